The number of carbonyl (C=O) groups excluding carboxylic acids is 10. The molecule has 29 nitrogen and oxygen atoms in total. The quantitative estimate of drug-likeness (QED) is 0.0180. The fraction of sp³-hybridized carbons (Fsp3) is 0.768. The van der Waals surface area contributed by atoms with Crippen LogP contribution >= 0.6 is 0 Å². The summed E-state index contributed by atoms with van der Waals surface area (Å²) in [6.07, 6.45) is 3.29. The van der Waals surface area contributed by atoms with Crippen molar-refractivity contribution in [1.82, 2.24) is 42.1 Å². The fourth-order valence-electron chi connectivity index (χ4n) is 9.70. The predicted octanol–water partition coefficient (Wildman–Crippen LogP) is -1.93. The van der Waals surface area contributed by atoms with Gasteiger partial charge in [0.2, 0.25) is 53.2 Å². The van der Waals surface area contributed by atoms with Gasteiger partial charge in [-0.05, 0) is 134 Å². The number of amides is 9. The third-order valence-corrected chi connectivity index (χ3v) is 14.4. The number of nitrogens with two attached hydrogens (primary N) is 7. The minimum Gasteiger partial charge on any atom is -0.481 e. The van der Waals surface area contributed by atoms with Crippen LogP contribution in [0.1, 0.15) is 165 Å². The zero-order chi connectivity index (χ0) is 64.5. The van der Waals surface area contributed by atoms with E-state index in [4.69, 9.17) is 40.1 Å². The maximum Gasteiger partial charge on any atom is 0.303 e. The van der Waals surface area contributed by atoms with Crippen molar-refractivity contribution >= 4 is 76.8 Å². The molecule has 85 heavy (non-hydrogen) atoms. The topological polar surface area (TPSA) is 502 Å². The van der Waals surface area contributed by atoms with Crippen molar-refractivity contribution in [3.05, 3.63) is 0 Å². The lowest BCUT2D eigenvalue weighted by molar-refractivity contribution is -0.141. The molecule has 9 amide bonds. The van der Waals surface area contributed by atoms with E-state index in [-0.39, 0.29) is 93.6 Å². The molecule has 29 heteroatoms. The summed E-state index contributed by atoms with van der Waals surface area (Å²) in [6, 6.07) is -9.69. The van der Waals surface area contributed by atoms with Gasteiger partial charge < -0.3 is 87.4 Å². The number of carboxylic acid groups (broad SMARTS) is 1. The molecule has 0 aromatic heterocycles. The van der Waals surface area contributed by atoms with Crippen LogP contribution in [0.5, 0.6) is 0 Å². The summed E-state index contributed by atoms with van der Waals surface area (Å²) in [7, 11) is 0. The van der Waals surface area contributed by atoms with Gasteiger partial charge in [0.05, 0.1) is 6.04 Å². The van der Waals surface area contributed by atoms with E-state index in [1.54, 1.807) is 39.5 Å². The van der Waals surface area contributed by atoms with Crippen LogP contribution in [0.3, 0.4) is 0 Å². The average Bonchev–Trinajstić information content (AvgIpc) is 3.88. The van der Waals surface area contributed by atoms with Gasteiger partial charge in [-0.15, -0.1) is 0 Å². The van der Waals surface area contributed by atoms with Gasteiger partial charge in [-0.2, -0.15) is 0 Å². The van der Waals surface area contributed by atoms with Crippen LogP contribution in [0.2, 0.25) is 0 Å². The van der Waals surface area contributed by atoms with Crippen LogP contribution in [0.4, 0.5) is 0 Å². The smallest absolute Gasteiger partial charge is 0.303 e. The zero-order valence-corrected chi connectivity index (χ0v) is 51.4. The maximum atomic E-state index is 14.4. The Labute approximate surface area is 500 Å². The van der Waals surface area contributed by atoms with E-state index in [0.29, 0.717) is 70.9 Å². The monoisotopic (exact) mass is 1210 g/mol. The third kappa shape index (κ3) is 30.0. The van der Waals surface area contributed by atoms with E-state index in [2.05, 4.69) is 47.2 Å². The Kier molecular flexibility index (Phi) is 35.9. The highest BCUT2D eigenvalue weighted by Gasteiger charge is 2.39. The first-order chi connectivity index (χ1) is 39.9. The first kappa shape index (κ1) is 75.8. The number of nitrogens with zero attached hydrogens (tertiary/aromatic N) is 3. The van der Waals surface area contributed by atoms with Gasteiger partial charge in [-0.1, -0.05) is 48.5 Å². The SMILES string of the molecule is CC(C)C[C@H](NC(=O)[C@H](CC(C)C)NC(=O)[C@H](CCCCN)NC(=O)[C@H](CCCN=C(N)N)CC(=O)[C@@H]1CCCN1C(=O)[C@@H](C)CCCN=C(N)N)C(=O)N[C@@H](C)C(=O)N[C@@H](CCC(=O)O)C(=O)N[C@@H](CCCCN)C(=O)N[C@H](C(N)=O)C(C)C. The van der Waals surface area contributed by atoms with Crippen molar-refractivity contribution in [2.75, 3.05) is 32.7 Å². The van der Waals surface area contributed by atoms with E-state index in [0.717, 1.165) is 0 Å². The molecule has 0 aromatic rings. The zero-order valence-electron chi connectivity index (χ0n) is 51.4. The summed E-state index contributed by atoms with van der Waals surface area (Å²) in [4.78, 5) is 159. The van der Waals surface area contributed by atoms with Gasteiger partial charge in [0.15, 0.2) is 17.7 Å². The van der Waals surface area contributed by atoms with E-state index in [1.807, 2.05) is 13.8 Å². The molecule has 0 radical (unpaired) electrons. The van der Waals surface area contributed by atoms with Gasteiger partial charge >= 0.3 is 5.97 Å². The summed E-state index contributed by atoms with van der Waals surface area (Å²) in [5.74, 6) is -10.4. The number of rotatable bonds is 43. The van der Waals surface area contributed by atoms with E-state index in [9.17, 15) is 57.8 Å². The van der Waals surface area contributed by atoms with Gasteiger partial charge in [-0.3, -0.25) is 62.7 Å². The summed E-state index contributed by atoms with van der Waals surface area (Å²) in [6.45, 7) is 15.1. The van der Waals surface area contributed by atoms with Crippen molar-refractivity contribution < 1.29 is 57.8 Å². The fourth-order valence-corrected chi connectivity index (χ4v) is 9.70. The highest BCUT2D eigenvalue weighted by atomic mass is 16.4. The molecule has 484 valence electrons. The first-order valence-corrected chi connectivity index (χ1v) is 29.9. The molecule has 0 aromatic carbocycles. The summed E-state index contributed by atoms with van der Waals surface area (Å²) in [5.41, 5.74) is 39.0. The molecular formula is C56H103N17O12. The number of primary amides is 1. The molecule has 22 N–H and O–H groups in total. The van der Waals surface area contributed by atoms with Gasteiger partial charge in [0.1, 0.15) is 42.3 Å². The first-order valence-electron chi connectivity index (χ1n) is 29.9. The molecule has 1 saturated heterocycles. The van der Waals surface area contributed by atoms with E-state index in [1.165, 1.54) is 6.92 Å². The molecule has 10 atom stereocenters. The number of carbonyl (C=O) groups is 11. The minimum atomic E-state index is -1.51. The van der Waals surface area contributed by atoms with Crippen molar-refractivity contribution in [3.63, 3.8) is 0 Å². The molecule has 1 aliphatic heterocycles. The molecule has 0 bridgehead atoms. The molecular weight excluding hydrogens is 1100 g/mol. The Morgan fingerprint density at radius 1 is 0.518 bits per heavy atom. The highest BCUT2D eigenvalue weighted by molar-refractivity contribution is 5.98. The summed E-state index contributed by atoms with van der Waals surface area (Å²) < 4.78 is 0. The van der Waals surface area contributed by atoms with Crippen LogP contribution in [-0.2, 0) is 52.7 Å². The number of unbranched alkanes of at least 4 members (excludes halogenated alkanes) is 2. The number of likely N-dealkylation sites (tertiary alicyclic amines) is 1. The maximum absolute atomic E-state index is 14.4. The van der Waals surface area contributed by atoms with Crippen molar-refractivity contribution in [3.8, 4) is 0 Å². The Hall–Kier alpha value is -7.17. The van der Waals surface area contributed by atoms with E-state index < -0.39 is 132 Å². The standard InChI is InChI=1S/C56H103N17O12/c1-31(2)28-40(52(83)66-35(8)47(78)67-39(21-22-44(75)76)50(81)69-38(19-10-12-24-58)51(82)72-45(33(5)6)46(59)77)71-53(84)41(29-32(3)4)70-49(80)37(18-9-11-23-57)68-48(79)36(17-14-26-65-56(62)63)30-43(74)42-20-15-27-73(42)54(85)34(7)16-13-25-64-55(60)61/h31-42,45H,9-30,57-58H2,1-8H3,(H2,59,77)(H,66,83)(H,67,78)(H,68,79)(H,69,81)(H,70,80)(H,71,84)(H,72,82)(H,75,76)(H4,60,61,64)(H4,62,63,65)/t34-,35-,36+,37-,38-,39-,40-,41-,42-,45-/m0/s1. The Bertz CT molecular complexity index is 2260. The lowest BCUT2D eigenvalue weighted by Gasteiger charge is -2.29. The van der Waals surface area contributed by atoms with Crippen LogP contribution < -0.4 is 77.4 Å². The minimum absolute atomic E-state index is 0.0511. The molecule has 1 fully saturated rings. The van der Waals surface area contributed by atoms with Crippen molar-refractivity contribution in [2.24, 2.45) is 79.7 Å². The highest BCUT2D eigenvalue weighted by Crippen LogP contribution is 2.26. The Morgan fingerprint density at radius 3 is 1.41 bits per heavy atom. The van der Waals surface area contributed by atoms with Crippen LogP contribution in [0.25, 0.3) is 0 Å². The second-order valence-electron chi connectivity index (χ2n) is 23.3. The van der Waals surface area contributed by atoms with Crippen LogP contribution in [-0.4, -0.2) is 168 Å². The molecule has 0 aliphatic carbocycles. The third-order valence-electron chi connectivity index (χ3n) is 14.4. The number of hydrogen-bond donors (Lipinski definition) is 15. The lowest BCUT2D eigenvalue weighted by Crippen LogP contribution is -2.60. The van der Waals surface area contributed by atoms with Gasteiger partial charge in [-0.25, -0.2) is 0 Å². The molecule has 1 rings (SSSR count). The number of Topliss-reactive ketones (excluding diaryl/α,β-unsaturated/α-hetero) is 1. The van der Waals surface area contributed by atoms with Crippen LogP contribution in [0, 0.1) is 29.6 Å². The van der Waals surface area contributed by atoms with Crippen molar-refractivity contribution in [2.45, 2.75) is 213 Å². The number of nitrogens with one attached hydrogen (secondary N) is 7. The average molecular weight is 1210 g/mol. The molecule has 0 spiro atoms. The number of aliphatic carboxylic acids is 1. The Morgan fingerprint density at radius 2 is 0.953 bits per heavy atom. The van der Waals surface area contributed by atoms with Gasteiger partial charge in [0.25, 0.3) is 0 Å². The molecule has 0 unspecified atom stereocenters. The largest absolute Gasteiger partial charge is 0.481 e. The lowest BCUT2D eigenvalue weighted by atomic mass is 9.91. The second kappa shape index (κ2) is 40.2. The van der Waals surface area contributed by atoms with Crippen LogP contribution in [0.15, 0.2) is 9.98 Å². The number of carboxylic acids is 1. The Balaban J connectivity index is 3.45. The van der Waals surface area contributed by atoms with Crippen molar-refractivity contribution in [1.29, 1.82) is 0 Å². The van der Waals surface area contributed by atoms with Gasteiger partial charge in [0, 0.05) is 44.3 Å². The molecule has 0 saturated carbocycles. The normalized spacial score (nSPS) is 16.2. The number of guanidine groups is 2. The molecule has 1 aliphatic rings. The summed E-state index contributed by atoms with van der Waals surface area (Å²) in [5, 5.41) is 28.0. The molecule has 1 heterocycles. The number of hydrogen-bond acceptors (Lipinski definition) is 15. The predicted molar refractivity (Wildman–Crippen MR) is 322 cm³/mol. The number of ketones is 1. The summed E-state index contributed by atoms with van der Waals surface area (Å²) >= 11 is 0. The van der Waals surface area contributed by atoms with E-state index >= 15 is 0 Å². The second-order valence-corrected chi connectivity index (χ2v) is 23.3. The number of aliphatic imine (C=N–C) groups is 2.